The first-order valence-corrected chi connectivity index (χ1v) is 7.84. The Morgan fingerprint density at radius 3 is 2.21 bits per heavy atom. The van der Waals surface area contributed by atoms with Crippen LogP contribution in [-0.4, -0.2) is 17.9 Å². The van der Waals surface area contributed by atoms with Gasteiger partial charge in [0.05, 0.1) is 0 Å². The number of anilines is 1. The van der Waals surface area contributed by atoms with Gasteiger partial charge in [0, 0.05) is 11.3 Å². The molecule has 0 spiro atoms. The molecule has 0 heterocycles. The standard InChI is InChI=1S/C19H22N2O3/c1-12(2)16-6-4-5-7-17(16)24-13(3)19(23)21-15-10-8-14(9-11-15)18(20)22/h4-13H,1-3H3,(H2,20,22)(H,21,23)/t13-/m0/s1. The van der Waals surface area contributed by atoms with Gasteiger partial charge in [-0.1, -0.05) is 32.0 Å². The van der Waals surface area contributed by atoms with E-state index in [9.17, 15) is 9.59 Å². The van der Waals surface area contributed by atoms with E-state index < -0.39 is 12.0 Å². The molecule has 2 aromatic rings. The number of primary amides is 1. The largest absolute Gasteiger partial charge is 0.481 e. The van der Waals surface area contributed by atoms with Crippen LogP contribution in [0.25, 0.3) is 0 Å². The first-order chi connectivity index (χ1) is 11.4. The SMILES string of the molecule is CC(C)c1ccccc1O[C@@H](C)C(=O)Nc1ccc(C(N)=O)cc1. The molecule has 126 valence electrons. The van der Waals surface area contributed by atoms with Crippen molar-refractivity contribution >= 4 is 17.5 Å². The minimum Gasteiger partial charge on any atom is -0.481 e. The van der Waals surface area contributed by atoms with Crippen LogP contribution in [0.5, 0.6) is 5.75 Å². The van der Waals surface area contributed by atoms with Crippen LogP contribution in [0.2, 0.25) is 0 Å². The Balaban J connectivity index is 2.03. The molecule has 3 N–H and O–H groups in total. The fraction of sp³-hybridized carbons (Fsp3) is 0.263. The molecule has 5 heteroatoms. The molecule has 1 atom stereocenters. The summed E-state index contributed by atoms with van der Waals surface area (Å²) in [6, 6.07) is 14.1. The second kappa shape index (κ2) is 7.64. The molecule has 2 rings (SSSR count). The lowest BCUT2D eigenvalue weighted by atomic mass is 10.0. The molecule has 0 aliphatic heterocycles. The van der Waals surface area contributed by atoms with Crippen LogP contribution in [0.15, 0.2) is 48.5 Å². The first kappa shape index (κ1) is 17.5. The quantitative estimate of drug-likeness (QED) is 0.854. The topological polar surface area (TPSA) is 81.4 Å². The van der Waals surface area contributed by atoms with E-state index in [4.69, 9.17) is 10.5 Å². The normalized spacial score (nSPS) is 11.8. The molecular weight excluding hydrogens is 304 g/mol. The van der Waals surface area contributed by atoms with E-state index in [1.165, 1.54) is 0 Å². The molecule has 0 fully saturated rings. The van der Waals surface area contributed by atoms with E-state index in [0.717, 1.165) is 5.56 Å². The summed E-state index contributed by atoms with van der Waals surface area (Å²) in [6.45, 7) is 5.85. The maximum absolute atomic E-state index is 12.3. The zero-order valence-electron chi connectivity index (χ0n) is 14.1. The van der Waals surface area contributed by atoms with Crippen LogP contribution >= 0.6 is 0 Å². The Labute approximate surface area is 141 Å². The highest BCUT2D eigenvalue weighted by molar-refractivity contribution is 5.96. The molecule has 0 bridgehead atoms. The van der Waals surface area contributed by atoms with Gasteiger partial charge in [-0.3, -0.25) is 9.59 Å². The minimum atomic E-state index is -0.652. The third-order valence-electron chi connectivity index (χ3n) is 3.65. The van der Waals surface area contributed by atoms with Gasteiger partial charge in [0.1, 0.15) is 5.75 Å². The van der Waals surface area contributed by atoms with Crippen LogP contribution in [0.4, 0.5) is 5.69 Å². The predicted molar refractivity (Wildman–Crippen MR) is 94.2 cm³/mol. The lowest BCUT2D eigenvalue weighted by molar-refractivity contribution is -0.122. The number of hydrogen-bond donors (Lipinski definition) is 2. The number of para-hydroxylation sites is 1. The van der Waals surface area contributed by atoms with E-state index in [2.05, 4.69) is 19.2 Å². The average Bonchev–Trinajstić information content (AvgIpc) is 2.55. The van der Waals surface area contributed by atoms with Gasteiger partial charge in [-0.05, 0) is 48.7 Å². The average molecular weight is 326 g/mol. The molecule has 2 aromatic carbocycles. The molecule has 0 saturated carbocycles. The molecule has 2 amide bonds. The number of rotatable bonds is 6. The number of amides is 2. The van der Waals surface area contributed by atoms with Crippen LogP contribution in [-0.2, 0) is 4.79 Å². The second-order valence-electron chi connectivity index (χ2n) is 5.88. The Hall–Kier alpha value is -2.82. The van der Waals surface area contributed by atoms with E-state index in [0.29, 0.717) is 22.9 Å². The zero-order valence-corrected chi connectivity index (χ0v) is 14.1. The number of nitrogens with one attached hydrogen (secondary N) is 1. The van der Waals surface area contributed by atoms with E-state index in [1.54, 1.807) is 31.2 Å². The maximum Gasteiger partial charge on any atom is 0.265 e. The molecule has 0 radical (unpaired) electrons. The van der Waals surface area contributed by atoms with Gasteiger partial charge in [0.2, 0.25) is 5.91 Å². The maximum atomic E-state index is 12.3. The van der Waals surface area contributed by atoms with Gasteiger partial charge in [0.25, 0.3) is 5.91 Å². The zero-order chi connectivity index (χ0) is 17.7. The van der Waals surface area contributed by atoms with Crippen LogP contribution < -0.4 is 15.8 Å². The fourth-order valence-electron chi connectivity index (χ4n) is 2.27. The van der Waals surface area contributed by atoms with Crippen molar-refractivity contribution in [2.45, 2.75) is 32.8 Å². The lowest BCUT2D eigenvalue weighted by Crippen LogP contribution is -2.30. The first-order valence-electron chi connectivity index (χ1n) is 7.84. The number of carbonyl (C=O) groups is 2. The van der Waals surface area contributed by atoms with Crippen molar-refractivity contribution < 1.29 is 14.3 Å². The molecule has 0 unspecified atom stereocenters. The molecular formula is C19H22N2O3. The summed E-state index contributed by atoms with van der Waals surface area (Å²) in [5.74, 6) is 0.243. The van der Waals surface area contributed by atoms with Crippen molar-refractivity contribution in [1.82, 2.24) is 0 Å². The van der Waals surface area contributed by atoms with E-state index in [-0.39, 0.29) is 5.91 Å². The highest BCUT2D eigenvalue weighted by atomic mass is 16.5. The summed E-state index contributed by atoms with van der Waals surface area (Å²) in [5, 5.41) is 2.76. The number of hydrogen-bond acceptors (Lipinski definition) is 3. The third-order valence-corrected chi connectivity index (χ3v) is 3.65. The predicted octanol–water partition coefficient (Wildman–Crippen LogP) is 3.31. The van der Waals surface area contributed by atoms with Gasteiger partial charge in [0.15, 0.2) is 6.10 Å². The number of ether oxygens (including phenoxy) is 1. The fourth-order valence-corrected chi connectivity index (χ4v) is 2.27. The minimum absolute atomic E-state index is 0.264. The summed E-state index contributed by atoms with van der Waals surface area (Å²) < 4.78 is 5.82. The van der Waals surface area contributed by atoms with Crippen molar-refractivity contribution in [3.8, 4) is 5.75 Å². The summed E-state index contributed by atoms with van der Waals surface area (Å²) in [4.78, 5) is 23.3. The monoisotopic (exact) mass is 326 g/mol. The van der Waals surface area contributed by atoms with Crippen LogP contribution in [0.3, 0.4) is 0 Å². The number of carbonyl (C=O) groups excluding carboxylic acids is 2. The molecule has 0 aliphatic rings. The summed E-state index contributed by atoms with van der Waals surface area (Å²) in [7, 11) is 0. The summed E-state index contributed by atoms with van der Waals surface area (Å²) in [6.07, 6.45) is -0.652. The lowest BCUT2D eigenvalue weighted by Gasteiger charge is -2.18. The second-order valence-corrected chi connectivity index (χ2v) is 5.88. The van der Waals surface area contributed by atoms with Crippen LogP contribution in [0.1, 0.15) is 42.6 Å². The van der Waals surface area contributed by atoms with Crippen molar-refractivity contribution in [3.63, 3.8) is 0 Å². The molecule has 5 nitrogen and oxygen atoms in total. The summed E-state index contributed by atoms with van der Waals surface area (Å²) >= 11 is 0. The summed E-state index contributed by atoms with van der Waals surface area (Å²) in [5.41, 5.74) is 7.22. The van der Waals surface area contributed by atoms with Crippen molar-refractivity contribution in [1.29, 1.82) is 0 Å². The smallest absolute Gasteiger partial charge is 0.265 e. The Kier molecular flexibility index (Phi) is 5.58. The van der Waals surface area contributed by atoms with Crippen molar-refractivity contribution in [2.24, 2.45) is 5.73 Å². The third kappa shape index (κ3) is 4.35. The molecule has 0 aromatic heterocycles. The van der Waals surface area contributed by atoms with E-state index in [1.807, 2.05) is 24.3 Å². The Morgan fingerprint density at radius 2 is 1.62 bits per heavy atom. The van der Waals surface area contributed by atoms with Crippen LogP contribution in [0, 0.1) is 0 Å². The van der Waals surface area contributed by atoms with Crippen molar-refractivity contribution in [3.05, 3.63) is 59.7 Å². The number of benzene rings is 2. The van der Waals surface area contributed by atoms with E-state index >= 15 is 0 Å². The molecule has 0 aliphatic carbocycles. The van der Waals surface area contributed by atoms with Gasteiger partial charge < -0.3 is 15.8 Å². The van der Waals surface area contributed by atoms with Gasteiger partial charge in [-0.25, -0.2) is 0 Å². The van der Waals surface area contributed by atoms with Gasteiger partial charge in [-0.2, -0.15) is 0 Å². The number of nitrogens with two attached hydrogens (primary N) is 1. The highest BCUT2D eigenvalue weighted by Gasteiger charge is 2.17. The Morgan fingerprint density at radius 1 is 1.00 bits per heavy atom. The van der Waals surface area contributed by atoms with Crippen molar-refractivity contribution in [2.75, 3.05) is 5.32 Å². The molecule has 24 heavy (non-hydrogen) atoms. The highest BCUT2D eigenvalue weighted by Crippen LogP contribution is 2.26. The molecule has 0 saturated heterocycles. The Bertz CT molecular complexity index is 724. The van der Waals surface area contributed by atoms with Gasteiger partial charge in [-0.15, -0.1) is 0 Å². The van der Waals surface area contributed by atoms with Gasteiger partial charge >= 0.3 is 0 Å².